The maximum absolute atomic E-state index is 14.1. The molecule has 2 aromatic carbocycles. The topological polar surface area (TPSA) is 102 Å². The number of carbonyl (C=O) groups is 3. The Morgan fingerprint density at radius 2 is 1.70 bits per heavy atom. The predicted molar refractivity (Wildman–Crippen MR) is 143 cm³/mol. The molecule has 2 N–H and O–H groups in total. The van der Waals surface area contributed by atoms with E-state index in [0.717, 1.165) is 17.5 Å². The molecule has 1 heterocycles. The molecule has 8 nitrogen and oxygen atoms in total. The number of nitrogens with two attached hydrogens (primary N) is 1. The fraction of sp³-hybridized carbons (Fsp3) is 0.483. The van der Waals surface area contributed by atoms with Crippen LogP contribution in [0.15, 0.2) is 54.6 Å². The summed E-state index contributed by atoms with van der Waals surface area (Å²) in [5.74, 6) is -1.25. The van der Waals surface area contributed by atoms with E-state index in [1.165, 1.54) is 4.90 Å². The standard InChI is InChI=1S/C29H39N3O5/c1-3-36-27(33)24(17-16-22-12-6-5-7-13-22)21-31(19-11-10-18-30)29(35)32-25-15-9-8-14-23(25)20-26(32)28(34)37-4-2/h5-9,12-15,24,26H,3-4,10-11,16-21,30H2,1-2H3/t24-,26?/m1/s1. The van der Waals surface area contributed by atoms with E-state index in [4.69, 9.17) is 15.2 Å². The van der Waals surface area contributed by atoms with Crippen LogP contribution in [0.25, 0.3) is 0 Å². The lowest BCUT2D eigenvalue weighted by Crippen LogP contribution is -2.52. The van der Waals surface area contributed by atoms with Crippen molar-refractivity contribution in [3.63, 3.8) is 0 Å². The van der Waals surface area contributed by atoms with Crippen LogP contribution in [0.4, 0.5) is 10.5 Å². The van der Waals surface area contributed by atoms with Gasteiger partial charge in [-0.05, 0) is 63.3 Å². The summed E-state index contributed by atoms with van der Waals surface area (Å²) >= 11 is 0. The molecule has 2 aromatic rings. The van der Waals surface area contributed by atoms with Crippen molar-refractivity contribution < 1.29 is 23.9 Å². The van der Waals surface area contributed by atoms with Gasteiger partial charge in [0.15, 0.2) is 0 Å². The Morgan fingerprint density at radius 1 is 1.00 bits per heavy atom. The normalized spacial score (nSPS) is 15.1. The van der Waals surface area contributed by atoms with Gasteiger partial charge in [-0.1, -0.05) is 48.5 Å². The van der Waals surface area contributed by atoms with Gasteiger partial charge in [0, 0.05) is 25.2 Å². The van der Waals surface area contributed by atoms with E-state index in [1.54, 1.807) is 18.7 Å². The number of para-hydroxylation sites is 1. The number of aryl methyl sites for hydroxylation is 1. The van der Waals surface area contributed by atoms with Gasteiger partial charge in [0.2, 0.25) is 0 Å². The van der Waals surface area contributed by atoms with Gasteiger partial charge in [-0.2, -0.15) is 0 Å². The minimum Gasteiger partial charge on any atom is -0.466 e. The Labute approximate surface area is 219 Å². The quantitative estimate of drug-likeness (QED) is 0.324. The average Bonchev–Trinajstić information content (AvgIpc) is 3.30. The lowest BCUT2D eigenvalue weighted by Gasteiger charge is -2.33. The van der Waals surface area contributed by atoms with E-state index in [0.29, 0.717) is 44.5 Å². The SMILES string of the molecule is CCOC(=O)C1Cc2ccccc2N1C(=O)N(CCCCN)C[C@@H](CCc1ccccc1)C(=O)OCC. The number of fused-ring (bicyclic) bond motifs is 1. The van der Waals surface area contributed by atoms with Gasteiger partial charge >= 0.3 is 18.0 Å². The molecule has 2 amide bonds. The third-order valence-corrected chi connectivity index (χ3v) is 6.58. The molecule has 1 aliphatic rings. The molecule has 1 aliphatic heterocycles. The molecule has 0 radical (unpaired) electrons. The monoisotopic (exact) mass is 509 g/mol. The zero-order chi connectivity index (χ0) is 26.6. The van der Waals surface area contributed by atoms with Crippen molar-refractivity contribution in [3.8, 4) is 0 Å². The molecule has 8 heteroatoms. The lowest BCUT2D eigenvalue weighted by atomic mass is 9.98. The van der Waals surface area contributed by atoms with Gasteiger partial charge < -0.3 is 20.1 Å². The molecule has 1 unspecified atom stereocenters. The van der Waals surface area contributed by atoms with Crippen LogP contribution in [-0.4, -0.2) is 61.8 Å². The molecule has 3 rings (SSSR count). The number of hydrogen-bond donors (Lipinski definition) is 1. The first-order valence-corrected chi connectivity index (χ1v) is 13.2. The van der Waals surface area contributed by atoms with Crippen molar-refractivity contribution in [2.45, 2.75) is 52.0 Å². The first kappa shape index (κ1) is 28.2. The van der Waals surface area contributed by atoms with Crippen LogP contribution in [0.3, 0.4) is 0 Å². The van der Waals surface area contributed by atoms with Crippen LogP contribution in [0.1, 0.15) is 44.2 Å². The van der Waals surface area contributed by atoms with Gasteiger partial charge in [-0.15, -0.1) is 0 Å². The number of ether oxygens (including phenoxy) is 2. The summed E-state index contributed by atoms with van der Waals surface area (Å²) < 4.78 is 10.7. The fourth-order valence-corrected chi connectivity index (χ4v) is 4.71. The highest BCUT2D eigenvalue weighted by atomic mass is 16.5. The molecule has 0 fully saturated rings. The molecule has 2 atom stereocenters. The van der Waals surface area contributed by atoms with Crippen molar-refractivity contribution in [1.82, 2.24) is 4.90 Å². The second-order valence-electron chi connectivity index (χ2n) is 9.17. The fourth-order valence-electron chi connectivity index (χ4n) is 4.71. The van der Waals surface area contributed by atoms with E-state index in [1.807, 2.05) is 54.6 Å². The number of anilines is 1. The highest BCUT2D eigenvalue weighted by Gasteiger charge is 2.41. The minimum atomic E-state index is -0.743. The lowest BCUT2D eigenvalue weighted by molar-refractivity contribution is -0.149. The highest BCUT2D eigenvalue weighted by molar-refractivity contribution is 6.01. The zero-order valence-corrected chi connectivity index (χ0v) is 21.9. The van der Waals surface area contributed by atoms with Crippen LogP contribution in [0.5, 0.6) is 0 Å². The van der Waals surface area contributed by atoms with Crippen molar-refractivity contribution in [3.05, 3.63) is 65.7 Å². The van der Waals surface area contributed by atoms with Crippen LogP contribution in [0.2, 0.25) is 0 Å². The summed E-state index contributed by atoms with van der Waals surface area (Å²) in [5, 5.41) is 0. The number of esters is 2. The maximum Gasteiger partial charge on any atom is 0.329 e. The molecule has 0 saturated heterocycles. The highest BCUT2D eigenvalue weighted by Crippen LogP contribution is 2.34. The molecule has 0 aromatic heterocycles. The Bertz CT molecular complexity index is 1030. The maximum atomic E-state index is 14.1. The summed E-state index contributed by atoms with van der Waals surface area (Å²) in [5.41, 5.74) is 8.46. The summed E-state index contributed by atoms with van der Waals surface area (Å²) in [6.45, 7) is 5.16. The number of amides is 2. The third kappa shape index (κ3) is 7.55. The van der Waals surface area contributed by atoms with Gasteiger partial charge in [0.05, 0.1) is 19.1 Å². The molecular weight excluding hydrogens is 470 g/mol. The molecular formula is C29H39N3O5. The number of carbonyl (C=O) groups excluding carboxylic acids is 3. The second-order valence-corrected chi connectivity index (χ2v) is 9.17. The number of hydrogen-bond acceptors (Lipinski definition) is 6. The zero-order valence-electron chi connectivity index (χ0n) is 21.9. The first-order valence-electron chi connectivity index (χ1n) is 13.2. The minimum absolute atomic E-state index is 0.198. The van der Waals surface area contributed by atoms with E-state index >= 15 is 0 Å². The summed E-state index contributed by atoms with van der Waals surface area (Å²) in [4.78, 5) is 43.1. The average molecular weight is 510 g/mol. The van der Waals surface area contributed by atoms with Crippen LogP contribution >= 0.6 is 0 Å². The largest absolute Gasteiger partial charge is 0.466 e. The molecule has 0 aliphatic carbocycles. The summed E-state index contributed by atoms with van der Waals surface area (Å²) in [7, 11) is 0. The van der Waals surface area contributed by atoms with Crippen molar-refractivity contribution in [1.29, 1.82) is 0 Å². The van der Waals surface area contributed by atoms with Crippen LogP contribution in [-0.2, 0) is 31.9 Å². The van der Waals surface area contributed by atoms with E-state index in [9.17, 15) is 14.4 Å². The van der Waals surface area contributed by atoms with Crippen molar-refractivity contribution in [2.75, 3.05) is 37.7 Å². The van der Waals surface area contributed by atoms with Gasteiger partial charge in [0.25, 0.3) is 0 Å². The van der Waals surface area contributed by atoms with Crippen molar-refractivity contribution in [2.24, 2.45) is 11.7 Å². The van der Waals surface area contributed by atoms with E-state index in [2.05, 4.69) is 0 Å². The van der Waals surface area contributed by atoms with E-state index in [-0.39, 0.29) is 31.8 Å². The Hall–Kier alpha value is -3.39. The molecule has 0 spiro atoms. The van der Waals surface area contributed by atoms with Crippen LogP contribution in [0, 0.1) is 5.92 Å². The third-order valence-electron chi connectivity index (χ3n) is 6.58. The summed E-state index contributed by atoms with van der Waals surface area (Å²) in [6.07, 6.45) is 3.06. The number of benzene rings is 2. The summed E-state index contributed by atoms with van der Waals surface area (Å²) in [6, 6.07) is 16.4. The first-order chi connectivity index (χ1) is 18.0. The number of rotatable bonds is 13. The van der Waals surface area contributed by atoms with E-state index < -0.39 is 17.9 Å². The Balaban J connectivity index is 1.87. The smallest absolute Gasteiger partial charge is 0.329 e. The van der Waals surface area contributed by atoms with Crippen LogP contribution < -0.4 is 10.6 Å². The predicted octanol–water partition coefficient (Wildman–Crippen LogP) is 3.95. The second kappa shape index (κ2) is 14.4. The molecule has 37 heavy (non-hydrogen) atoms. The number of nitrogens with zero attached hydrogens (tertiary/aromatic N) is 2. The van der Waals surface area contributed by atoms with Crippen molar-refractivity contribution >= 4 is 23.7 Å². The molecule has 0 bridgehead atoms. The van der Waals surface area contributed by atoms with Gasteiger partial charge in [-0.25, -0.2) is 9.59 Å². The molecule has 0 saturated carbocycles. The Kier molecular flexibility index (Phi) is 11.0. The van der Waals surface area contributed by atoms with Gasteiger partial charge in [-0.3, -0.25) is 9.69 Å². The molecule has 200 valence electrons. The number of unbranched alkanes of at least 4 members (excludes halogenated alkanes) is 1. The van der Waals surface area contributed by atoms with Gasteiger partial charge in [0.1, 0.15) is 6.04 Å². The number of urea groups is 1. The Morgan fingerprint density at radius 3 is 2.41 bits per heavy atom.